The van der Waals surface area contributed by atoms with Crippen LogP contribution in [0.4, 0.5) is 0 Å². The van der Waals surface area contributed by atoms with Gasteiger partial charge in [-0.3, -0.25) is 9.59 Å². The van der Waals surface area contributed by atoms with Crippen LogP contribution in [-0.4, -0.2) is 45.6 Å². The molecule has 0 saturated heterocycles. The van der Waals surface area contributed by atoms with Crippen molar-refractivity contribution in [1.29, 1.82) is 0 Å². The second-order valence-corrected chi connectivity index (χ2v) is 5.75. The molecule has 27 heavy (non-hydrogen) atoms. The minimum atomic E-state index is -0.670. The van der Waals surface area contributed by atoms with E-state index < -0.39 is 11.9 Å². The fourth-order valence-corrected chi connectivity index (χ4v) is 1.76. The third-order valence-electron chi connectivity index (χ3n) is 2.99. The molecule has 0 amide bonds. The fourth-order valence-electron chi connectivity index (χ4n) is 1.76. The van der Waals surface area contributed by atoms with E-state index in [-0.39, 0.29) is 34.9 Å². The van der Waals surface area contributed by atoms with E-state index in [2.05, 4.69) is 13.8 Å². The molecule has 0 atom stereocenters. The molecule has 0 aliphatic heterocycles. The monoisotopic (exact) mass is 428 g/mol. The maximum Gasteiger partial charge on any atom is 0.303 e. The number of carbonyl (C=O) groups is 2. The number of hydrogen-bond acceptors (Lipinski definition) is 4. The summed E-state index contributed by atoms with van der Waals surface area (Å²) in [5.41, 5.74) is 0. The first-order valence-electron chi connectivity index (χ1n) is 10.0. The van der Waals surface area contributed by atoms with Crippen molar-refractivity contribution in [3.63, 3.8) is 0 Å². The van der Waals surface area contributed by atoms with Crippen molar-refractivity contribution in [1.82, 2.24) is 0 Å². The molecule has 0 heterocycles. The van der Waals surface area contributed by atoms with Crippen LogP contribution in [0.5, 0.6) is 0 Å². The van der Waals surface area contributed by atoms with Crippen LogP contribution in [0.15, 0.2) is 0 Å². The summed E-state index contributed by atoms with van der Waals surface area (Å²) in [4.78, 5) is 20.1. The number of unbranched alkanes of at least 4 members (excludes halogenated alkanes) is 8. The number of aliphatic carboxylic acids is 2. The first kappa shape index (κ1) is 37.3. The molecule has 0 aliphatic carbocycles. The van der Waals surface area contributed by atoms with Crippen molar-refractivity contribution in [3.05, 3.63) is 0 Å². The van der Waals surface area contributed by atoms with Crippen molar-refractivity contribution < 1.29 is 51.7 Å². The number of aliphatic hydroxyl groups excluding tert-OH is 2. The van der Waals surface area contributed by atoms with Gasteiger partial charge in [0.2, 0.25) is 0 Å². The molecule has 0 aromatic rings. The number of rotatable bonds is 12. The zero-order chi connectivity index (χ0) is 21.1. The van der Waals surface area contributed by atoms with Gasteiger partial charge in [-0.15, -0.1) is 0 Å². The van der Waals surface area contributed by atoms with Gasteiger partial charge in [0.05, 0.1) is 0 Å². The van der Waals surface area contributed by atoms with Crippen molar-refractivity contribution >= 4 is 11.9 Å². The molecule has 0 bridgehead atoms. The summed E-state index contributed by atoms with van der Waals surface area (Å²) in [5.74, 6) is -1.34. The second-order valence-electron chi connectivity index (χ2n) is 5.75. The predicted octanol–water partition coefficient (Wildman–Crippen LogP) is 4.86. The Balaban J connectivity index is -0.0000000899. The van der Waals surface area contributed by atoms with Gasteiger partial charge in [-0.25, -0.2) is 0 Å². The minimum absolute atomic E-state index is 0. The Morgan fingerprint density at radius 2 is 0.778 bits per heavy atom. The van der Waals surface area contributed by atoms with Gasteiger partial charge in [0, 0.05) is 47.8 Å². The average molecular weight is 428 g/mol. The van der Waals surface area contributed by atoms with E-state index in [0.29, 0.717) is 12.8 Å². The second kappa shape index (κ2) is 40.3. The van der Waals surface area contributed by atoms with Crippen LogP contribution in [0.2, 0.25) is 0 Å². The van der Waals surface area contributed by atoms with Gasteiger partial charge in [-0.2, -0.15) is 0 Å². The van der Waals surface area contributed by atoms with Gasteiger partial charge in [-0.1, -0.05) is 65.2 Å². The smallest absolute Gasteiger partial charge is 0.303 e. The maximum atomic E-state index is 10.0. The quantitative estimate of drug-likeness (QED) is 0.261. The Morgan fingerprint density at radius 1 is 0.556 bits per heavy atom. The van der Waals surface area contributed by atoms with E-state index in [1.807, 2.05) is 0 Å². The molecule has 0 aromatic heterocycles. The summed E-state index contributed by atoms with van der Waals surface area (Å²) in [6.07, 6.45) is 11.8. The van der Waals surface area contributed by atoms with E-state index >= 15 is 0 Å². The third kappa shape index (κ3) is 77.1. The fraction of sp³-hybridized carbons (Fsp3) is 0.900. The van der Waals surface area contributed by atoms with E-state index in [9.17, 15) is 9.59 Å². The number of carboxylic acid groups (broad SMARTS) is 2. The van der Waals surface area contributed by atoms with E-state index in [1.165, 1.54) is 38.5 Å². The van der Waals surface area contributed by atoms with E-state index in [1.54, 1.807) is 13.8 Å². The van der Waals surface area contributed by atoms with Gasteiger partial charge in [0.1, 0.15) is 0 Å². The number of aliphatic hydroxyl groups is 2. The van der Waals surface area contributed by atoms with Crippen LogP contribution in [0.25, 0.3) is 0 Å². The van der Waals surface area contributed by atoms with Crippen LogP contribution in [0.3, 0.4) is 0 Å². The molecule has 7 heteroatoms. The maximum absolute atomic E-state index is 10.0. The normalized spacial score (nSPS) is 8.52. The average Bonchev–Trinajstić information content (AvgIpc) is 2.56. The van der Waals surface area contributed by atoms with Crippen LogP contribution in [-0.2, 0) is 31.3 Å². The van der Waals surface area contributed by atoms with Crippen molar-refractivity contribution in [2.24, 2.45) is 0 Å². The molecule has 0 fully saturated rings. The summed E-state index contributed by atoms with van der Waals surface area (Å²) in [5, 5.41) is 31.7. The molecule has 0 aliphatic rings. The number of carboxylic acids is 2. The summed E-state index contributed by atoms with van der Waals surface area (Å²) >= 11 is 0. The van der Waals surface area contributed by atoms with E-state index in [4.69, 9.17) is 20.4 Å². The first-order valence-corrected chi connectivity index (χ1v) is 10.0. The van der Waals surface area contributed by atoms with Crippen molar-refractivity contribution in [3.8, 4) is 0 Å². The van der Waals surface area contributed by atoms with Crippen LogP contribution in [0.1, 0.15) is 105 Å². The molecule has 164 valence electrons. The van der Waals surface area contributed by atoms with E-state index in [0.717, 1.165) is 25.7 Å². The largest absolute Gasteiger partial charge is 0.481 e. The topological polar surface area (TPSA) is 115 Å². The van der Waals surface area contributed by atoms with Crippen LogP contribution >= 0.6 is 0 Å². The predicted molar refractivity (Wildman–Crippen MR) is 108 cm³/mol. The molecule has 6 nitrogen and oxygen atoms in total. The zero-order valence-electron chi connectivity index (χ0n) is 18.0. The summed E-state index contributed by atoms with van der Waals surface area (Å²) in [7, 11) is 0. The summed E-state index contributed by atoms with van der Waals surface area (Å²) in [6, 6.07) is 0. The molecule has 0 spiro atoms. The molecule has 0 rings (SSSR count). The first-order chi connectivity index (χ1) is 12.4. The Hall–Kier alpha value is -0.426. The standard InChI is InChI=1S/2C8H16O2.2C2H6O.Ti/c2*1-2-3-4-5-6-7-8(9)10;2*1-2-3;/h2*2-7H2,1H3,(H,9,10);2*3H,2H2,1H3;. The van der Waals surface area contributed by atoms with Crippen molar-refractivity contribution in [2.45, 2.75) is 105 Å². The Morgan fingerprint density at radius 3 is 0.963 bits per heavy atom. The van der Waals surface area contributed by atoms with Gasteiger partial charge in [-0.05, 0) is 26.7 Å². The Kier molecular flexibility index (Phi) is 55.7. The molecule has 0 unspecified atom stereocenters. The summed E-state index contributed by atoms with van der Waals surface area (Å²) < 4.78 is 0. The molecular formula is C20H44O6Ti. The van der Waals surface area contributed by atoms with Crippen molar-refractivity contribution in [2.75, 3.05) is 13.2 Å². The van der Waals surface area contributed by atoms with Gasteiger partial charge >= 0.3 is 11.9 Å². The Labute approximate surface area is 181 Å². The third-order valence-corrected chi connectivity index (χ3v) is 2.99. The van der Waals surface area contributed by atoms with Gasteiger partial charge < -0.3 is 20.4 Å². The molecule has 0 aromatic carbocycles. The van der Waals surface area contributed by atoms with Gasteiger partial charge in [0.15, 0.2) is 0 Å². The molecule has 4 N–H and O–H groups in total. The van der Waals surface area contributed by atoms with Crippen LogP contribution < -0.4 is 0 Å². The van der Waals surface area contributed by atoms with Crippen LogP contribution in [0, 0.1) is 0 Å². The van der Waals surface area contributed by atoms with Gasteiger partial charge in [0.25, 0.3) is 0 Å². The SMILES string of the molecule is CCCCCCCC(=O)O.CCCCCCCC(=O)O.CCO.CCO.[Ti]. The molecule has 0 radical (unpaired) electrons. The minimum Gasteiger partial charge on any atom is -0.481 e. The summed E-state index contributed by atoms with van der Waals surface area (Å²) in [6.45, 7) is 8.16. The zero-order valence-corrected chi connectivity index (χ0v) is 19.6. The molecule has 0 saturated carbocycles. The molecular weight excluding hydrogens is 384 g/mol. The Bertz CT molecular complexity index is 237. The number of hydrogen-bond donors (Lipinski definition) is 4.